The van der Waals surface area contributed by atoms with E-state index in [4.69, 9.17) is 18.9 Å². The van der Waals surface area contributed by atoms with Crippen molar-refractivity contribution in [2.45, 2.75) is 37.6 Å². The van der Waals surface area contributed by atoms with Crippen LogP contribution in [0.5, 0.6) is 0 Å². The van der Waals surface area contributed by atoms with Gasteiger partial charge in [0.25, 0.3) is 0 Å². The van der Waals surface area contributed by atoms with Crippen LogP contribution in [-0.2, 0) is 23.7 Å². The molecule has 0 aromatic heterocycles. The molecule has 7 nitrogen and oxygen atoms in total. The van der Waals surface area contributed by atoms with Gasteiger partial charge in [0.15, 0.2) is 6.29 Å². The second-order valence-electron chi connectivity index (χ2n) is 4.15. The molecular formula is C11H21NO6. The zero-order chi connectivity index (χ0) is 13.7. The normalized spacial score (nSPS) is 36.4. The Labute approximate surface area is 106 Å². The molecule has 1 saturated heterocycles. The fraction of sp³-hybridized carbons (Fsp3) is 0.909. The molecule has 0 saturated carbocycles. The van der Waals surface area contributed by atoms with Gasteiger partial charge in [-0.25, -0.2) is 0 Å². The van der Waals surface area contributed by atoms with E-state index < -0.39 is 30.6 Å². The van der Waals surface area contributed by atoms with Crippen molar-refractivity contribution in [2.24, 2.45) is 0 Å². The van der Waals surface area contributed by atoms with Crippen LogP contribution in [-0.4, -0.2) is 69.6 Å². The summed E-state index contributed by atoms with van der Waals surface area (Å²) in [6.45, 7) is 1.60. The van der Waals surface area contributed by atoms with E-state index in [0.717, 1.165) is 0 Å². The lowest BCUT2D eigenvalue weighted by atomic mass is 9.96. The van der Waals surface area contributed by atoms with Gasteiger partial charge in [0.05, 0.1) is 6.61 Å². The molecule has 0 aromatic rings. The van der Waals surface area contributed by atoms with Gasteiger partial charge in [-0.1, -0.05) is 0 Å². The summed E-state index contributed by atoms with van der Waals surface area (Å²) in [5.41, 5.74) is 0. The van der Waals surface area contributed by atoms with E-state index in [1.54, 1.807) is 0 Å². The average molecular weight is 263 g/mol. The molecule has 0 aliphatic carbocycles. The number of aliphatic hydroxyl groups excluding tert-OH is 1. The minimum absolute atomic E-state index is 0.216. The van der Waals surface area contributed by atoms with Crippen molar-refractivity contribution >= 4 is 5.91 Å². The number of methoxy groups -OCH3 is 3. The van der Waals surface area contributed by atoms with Crippen molar-refractivity contribution in [2.75, 3.05) is 27.9 Å². The van der Waals surface area contributed by atoms with E-state index in [1.165, 1.54) is 28.3 Å². The fourth-order valence-electron chi connectivity index (χ4n) is 2.09. The molecular weight excluding hydrogens is 242 g/mol. The van der Waals surface area contributed by atoms with Gasteiger partial charge in [-0.3, -0.25) is 4.79 Å². The molecule has 106 valence electrons. The molecule has 1 amide bonds. The molecule has 0 bridgehead atoms. The number of ether oxygens (including phenoxy) is 4. The largest absolute Gasteiger partial charge is 0.388 e. The van der Waals surface area contributed by atoms with Crippen molar-refractivity contribution < 1.29 is 28.8 Å². The van der Waals surface area contributed by atoms with E-state index in [9.17, 15) is 9.90 Å². The molecule has 18 heavy (non-hydrogen) atoms. The number of carbonyl (C=O) groups excluding carboxylic acids is 1. The number of hydrogen-bond acceptors (Lipinski definition) is 6. The maximum Gasteiger partial charge on any atom is 0.217 e. The maximum atomic E-state index is 11.2. The van der Waals surface area contributed by atoms with Crippen LogP contribution in [0.15, 0.2) is 0 Å². The molecule has 5 atom stereocenters. The van der Waals surface area contributed by atoms with Crippen LogP contribution < -0.4 is 5.32 Å². The van der Waals surface area contributed by atoms with Crippen molar-refractivity contribution in [3.63, 3.8) is 0 Å². The Kier molecular flexibility index (Phi) is 5.97. The zero-order valence-electron chi connectivity index (χ0n) is 11.1. The summed E-state index contributed by atoms with van der Waals surface area (Å²) >= 11 is 0. The third kappa shape index (κ3) is 3.39. The van der Waals surface area contributed by atoms with E-state index in [1.807, 2.05) is 0 Å². The molecule has 1 aliphatic rings. The number of hydrogen-bond donors (Lipinski definition) is 2. The van der Waals surface area contributed by atoms with Gasteiger partial charge in [0, 0.05) is 28.3 Å². The van der Waals surface area contributed by atoms with Crippen molar-refractivity contribution in [3.8, 4) is 0 Å². The molecule has 0 spiro atoms. The SMILES string of the molecule is COC[C@H]1O[C@H](OC)[C@H](NC(C)=O)[C@H](OC)[C@H]1O. The standard InChI is InChI=1S/C11H21NO6/c1-6(13)12-8-10(16-3)9(14)7(5-15-2)18-11(8)17-4/h7-11,14H,5H2,1-4H3,(H,12,13)/t7-,8-,9+,10+,11+/m1/s1. The summed E-state index contributed by atoms with van der Waals surface area (Å²) in [6, 6.07) is -0.569. The highest BCUT2D eigenvalue weighted by atomic mass is 16.7. The van der Waals surface area contributed by atoms with Gasteiger partial charge in [0.1, 0.15) is 24.4 Å². The Morgan fingerprint density at radius 1 is 1.33 bits per heavy atom. The Bertz CT molecular complexity index is 274. The second-order valence-corrected chi connectivity index (χ2v) is 4.15. The highest BCUT2D eigenvalue weighted by Crippen LogP contribution is 2.24. The molecule has 0 unspecified atom stereocenters. The highest BCUT2D eigenvalue weighted by Gasteiger charge is 2.46. The van der Waals surface area contributed by atoms with Crippen molar-refractivity contribution in [1.29, 1.82) is 0 Å². The van der Waals surface area contributed by atoms with E-state index in [-0.39, 0.29) is 12.5 Å². The smallest absolute Gasteiger partial charge is 0.217 e. The third-order valence-electron chi connectivity index (χ3n) is 2.88. The van der Waals surface area contributed by atoms with Crippen LogP contribution in [0.2, 0.25) is 0 Å². The topological polar surface area (TPSA) is 86.2 Å². The average Bonchev–Trinajstić information content (AvgIpc) is 2.32. The first-order valence-electron chi connectivity index (χ1n) is 5.70. The van der Waals surface area contributed by atoms with Crippen LogP contribution in [0, 0.1) is 0 Å². The van der Waals surface area contributed by atoms with Crippen LogP contribution in [0.3, 0.4) is 0 Å². The summed E-state index contributed by atoms with van der Waals surface area (Å²) in [5, 5.41) is 12.8. The zero-order valence-corrected chi connectivity index (χ0v) is 11.1. The lowest BCUT2D eigenvalue weighted by molar-refractivity contribution is -0.267. The lowest BCUT2D eigenvalue weighted by Crippen LogP contribution is -2.65. The van der Waals surface area contributed by atoms with E-state index in [0.29, 0.717) is 0 Å². The van der Waals surface area contributed by atoms with Gasteiger partial charge in [-0.15, -0.1) is 0 Å². The molecule has 0 radical (unpaired) electrons. The molecule has 1 fully saturated rings. The molecule has 1 rings (SSSR count). The minimum atomic E-state index is -0.904. The third-order valence-corrected chi connectivity index (χ3v) is 2.88. The van der Waals surface area contributed by atoms with Crippen LogP contribution in [0.25, 0.3) is 0 Å². The Hall–Kier alpha value is -0.730. The Balaban J connectivity index is 2.84. The molecule has 7 heteroatoms. The molecule has 1 aliphatic heterocycles. The number of nitrogens with one attached hydrogen (secondary N) is 1. The van der Waals surface area contributed by atoms with Crippen molar-refractivity contribution in [3.05, 3.63) is 0 Å². The maximum absolute atomic E-state index is 11.2. The molecule has 1 heterocycles. The molecule has 0 aromatic carbocycles. The second kappa shape index (κ2) is 7.01. The van der Waals surface area contributed by atoms with Crippen molar-refractivity contribution in [1.82, 2.24) is 5.32 Å². The highest BCUT2D eigenvalue weighted by molar-refractivity contribution is 5.73. The first-order valence-corrected chi connectivity index (χ1v) is 5.70. The fourth-order valence-corrected chi connectivity index (χ4v) is 2.09. The van der Waals surface area contributed by atoms with Gasteiger partial charge >= 0.3 is 0 Å². The number of carbonyl (C=O) groups is 1. The summed E-state index contributed by atoms with van der Waals surface area (Å²) < 4.78 is 20.9. The van der Waals surface area contributed by atoms with Gasteiger partial charge in [0.2, 0.25) is 5.91 Å². The molecule has 2 N–H and O–H groups in total. The van der Waals surface area contributed by atoms with E-state index >= 15 is 0 Å². The summed E-state index contributed by atoms with van der Waals surface area (Å²) in [6.07, 6.45) is -2.77. The predicted octanol–water partition coefficient (Wildman–Crippen LogP) is -1.12. The lowest BCUT2D eigenvalue weighted by Gasteiger charge is -2.43. The first kappa shape index (κ1) is 15.3. The quantitative estimate of drug-likeness (QED) is 0.654. The van der Waals surface area contributed by atoms with Gasteiger partial charge in [-0.05, 0) is 0 Å². The van der Waals surface area contributed by atoms with E-state index in [2.05, 4.69) is 5.32 Å². The number of aliphatic hydroxyl groups is 1. The number of amides is 1. The van der Waals surface area contributed by atoms with Gasteiger partial charge in [-0.2, -0.15) is 0 Å². The minimum Gasteiger partial charge on any atom is -0.388 e. The Morgan fingerprint density at radius 2 is 2.00 bits per heavy atom. The Morgan fingerprint density at radius 3 is 2.44 bits per heavy atom. The summed E-state index contributed by atoms with van der Waals surface area (Å²) in [4.78, 5) is 11.2. The van der Waals surface area contributed by atoms with Gasteiger partial charge < -0.3 is 29.4 Å². The number of rotatable bonds is 5. The summed E-state index contributed by atoms with van der Waals surface area (Å²) in [5.74, 6) is -0.245. The first-order chi connectivity index (χ1) is 8.54. The van der Waals surface area contributed by atoms with Crippen LogP contribution in [0.1, 0.15) is 6.92 Å². The van der Waals surface area contributed by atoms with Crippen LogP contribution in [0.4, 0.5) is 0 Å². The van der Waals surface area contributed by atoms with Crippen LogP contribution >= 0.6 is 0 Å². The summed E-state index contributed by atoms with van der Waals surface area (Å²) in [7, 11) is 4.44. The monoisotopic (exact) mass is 263 g/mol. The predicted molar refractivity (Wildman–Crippen MR) is 62.0 cm³/mol.